The normalized spacial score (nSPS) is 18.9. The third kappa shape index (κ3) is 4.76. The van der Waals surface area contributed by atoms with Crippen LogP contribution in [0.2, 0.25) is 0 Å². The number of ether oxygens (including phenoxy) is 1. The van der Waals surface area contributed by atoms with Gasteiger partial charge in [-0.3, -0.25) is 14.6 Å². The van der Waals surface area contributed by atoms with Crippen LogP contribution in [-0.2, 0) is 5.54 Å². The summed E-state index contributed by atoms with van der Waals surface area (Å²) in [5.41, 5.74) is 3.72. The molecule has 1 aliphatic heterocycles. The van der Waals surface area contributed by atoms with Crippen molar-refractivity contribution >= 4 is 32.8 Å². The van der Waals surface area contributed by atoms with Gasteiger partial charge in [-0.2, -0.15) is 0 Å². The summed E-state index contributed by atoms with van der Waals surface area (Å²) >= 11 is 0. The number of aromatic nitrogens is 2. The summed E-state index contributed by atoms with van der Waals surface area (Å²) in [5, 5.41) is 4.32. The molecule has 2 fully saturated rings. The van der Waals surface area contributed by atoms with Crippen LogP contribution in [0, 0.1) is 6.92 Å². The van der Waals surface area contributed by atoms with Crippen LogP contribution in [0.15, 0.2) is 59.3 Å². The number of nitrogens with zero attached hydrogens (tertiary/aromatic N) is 3. The average molecular weight is 541 g/mol. The van der Waals surface area contributed by atoms with Crippen molar-refractivity contribution in [3.8, 4) is 17.1 Å². The van der Waals surface area contributed by atoms with Crippen molar-refractivity contribution in [2.75, 3.05) is 13.6 Å². The Balaban J connectivity index is 1.31. The molecule has 6 rings (SSSR count). The van der Waals surface area contributed by atoms with E-state index in [9.17, 15) is 9.59 Å². The van der Waals surface area contributed by atoms with Crippen molar-refractivity contribution in [1.29, 1.82) is 0 Å². The Hall–Kier alpha value is -3.82. The molecule has 2 atom stereocenters. The van der Waals surface area contributed by atoms with Gasteiger partial charge in [0.15, 0.2) is 5.76 Å². The summed E-state index contributed by atoms with van der Waals surface area (Å²) in [6.45, 7) is 4.48. The Morgan fingerprint density at radius 1 is 1.21 bits per heavy atom. The number of carbonyl (C=O) groups is 2. The standard InChI is InChI=1S/C30H32N4O4Si/c1-17-6-7-20(37-29(39)25-8-12-34(25)3)15-22(17)27(36)33-30(9-10-30)23-13-19(14-24-21(23)5-4-11-31-24)26-16-32-28(38-26)18(2)35/h4-7,11,13-16,25,29H,8-10,12H2,1-3,39H3,(H,33,36)/t25-,29?/m0/s1. The highest BCUT2D eigenvalue weighted by molar-refractivity contribution is 6.11. The SMILES string of the molecule is CC(=O)c1ncc(-c2cc(C3(NC(=O)c4cc(OC([SiH3])[C@@H]5CCN5C)ccc4C)CC3)c3cccnc3c2)o1. The fraction of sp³-hybridized carbons (Fsp3) is 0.333. The molecule has 0 radical (unpaired) electrons. The summed E-state index contributed by atoms with van der Waals surface area (Å²) in [6.07, 6.45) is 6.08. The van der Waals surface area contributed by atoms with Gasteiger partial charge in [0.25, 0.3) is 11.8 Å². The molecule has 39 heavy (non-hydrogen) atoms. The van der Waals surface area contributed by atoms with E-state index in [1.165, 1.54) is 6.92 Å². The van der Waals surface area contributed by atoms with Gasteiger partial charge in [-0.25, -0.2) is 4.98 Å². The molecule has 200 valence electrons. The van der Waals surface area contributed by atoms with Crippen molar-refractivity contribution in [2.45, 2.75) is 50.4 Å². The number of aryl methyl sites for hydroxylation is 1. The van der Waals surface area contributed by atoms with Crippen LogP contribution >= 0.6 is 0 Å². The van der Waals surface area contributed by atoms with E-state index >= 15 is 0 Å². The number of hydrogen-bond donors (Lipinski definition) is 1. The first-order chi connectivity index (χ1) is 18.7. The zero-order valence-electron chi connectivity index (χ0n) is 22.7. The van der Waals surface area contributed by atoms with Crippen LogP contribution in [-0.4, -0.2) is 62.2 Å². The lowest BCUT2D eigenvalue weighted by Crippen LogP contribution is -2.53. The number of carbonyl (C=O) groups excluding carboxylic acids is 2. The average Bonchev–Trinajstić information content (AvgIpc) is 3.50. The van der Waals surface area contributed by atoms with Crippen LogP contribution in [0.4, 0.5) is 0 Å². The second kappa shape index (κ2) is 9.73. The van der Waals surface area contributed by atoms with Crippen molar-refractivity contribution in [3.63, 3.8) is 0 Å². The minimum atomic E-state index is -0.518. The Morgan fingerprint density at radius 3 is 2.69 bits per heavy atom. The van der Waals surface area contributed by atoms with Gasteiger partial charge in [-0.05, 0) is 81.2 Å². The minimum Gasteiger partial charge on any atom is -0.494 e. The van der Waals surface area contributed by atoms with Crippen LogP contribution < -0.4 is 10.1 Å². The smallest absolute Gasteiger partial charge is 0.263 e. The Labute approximate surface area is 230 Å². The van der Waals surface area contributed by atoms with Crippen LogP contribution in [0.25, 0.3) is 22.2 Å². The fourth-order valence-corrected chi connectivity index (χ4v) is 6.62. The molecule has 1 aliphatic carbocycles. The molecule has 0 spiro atoms. The van der Waals surface area contributed by atoms with Gasteiger partial charge in [-0.1, -0.05) is 12.1 Å². The number of pyridine rings is 1. The van der Waals surface area contributed by atoms with E-state index in [4.69, 9.17) is 9.15 Å². The van der Waals surface area contributed by atoms with Gasteiger partial charge in [0.2, 0.25) is 5.78 Å². The predicted octanol–water partition coefficient (Wildman–Crippen LogP) is 3.59. The number of likely N-dealkylation sites (tertiary alicyclic amines) is 1. The lowest BCUT2D eigenvalue weighted by Gasteiger charge is -2.41. The van der Waals surface area contributed by atoms with Crippen molar-refractivity contribution < 1.29 is 18.7 Å². The zero-order valence-corrected chi connectivity index (χ0v) is 24.7. The molecule has 8 nitrogen and oxygen atoms in total. The maximum Gasteiger partial charge on any atom is 0.263 e. The topological polar surface area (TPSA) is 97.6 Å². The molecule has 1 saturated carbocycles. The fourth-order valence-electron chi connectivity index (χ4n) is 5.50. The summed E-state index contributed by atoms with van der Waals surface area (Å²) in [7, 11) is 3.04. The molecule has 1 saturated heterocycles. The Kier molecular flexibility index (Phi) is 6.35. The molecule has 1 amide bonds. The highest BCUT2D eigenvalue weighted by Gasteiger charge is 2.47. The molecule has 2 aromatic heterocycles. The maximum atomic E-state index is 13.7. The number of Topliss-reactive ketones (excluding diaryl/α,β-unsaturated/α-hetero) is 1. The van der Waals surface area contributed by atoms with Gasteiger partial charge < -0.3 is 19.4 Å². The van der Waals surface area contributed by atoms with Gasteiger partial charge >= 0.3 is 0 Å². The number of ketones is 1. The van der Waals surface area contributed by atoms with E-state index in [1.54, 1.807) is 12.4 Å². The van der Waals surface area contributed by atoms with E-state index in [0.29, 0.717) is 17.4 Å². The van der Waals surface area contributed by atoms with Crippen LogP contribution in [0.1, 0.15) is 58.4 Å². The largest absolute Gasteiger partial charge is 0.494 e. The van der Waals surface area contributed by atoms with Gasteiger partial charge in [0, 0.05) is 35.7 Å². The highest BCUT2D eigenvalue weighted by atomic mass is 28.1. The lowest BCUT2D eigenvalue weighted by atomic mass is 9.95. The van der Waals surface area contributed by atoms with Crippen molar-refractivity contribution in [3.05, 3.63) is 77.4 Å². The molecule has 3 heterocycles. The first-order valence-corrected chi connectivity index (χ1v) is 14.6. The molecule has 1 N–H and O–H groups in total. The molecule has 0 bridgehead atoms. The monoisotopic (exact) mass is 540 g/mol. The number of rotatable bonds is 8. The summed E-state index contributed by atoms with van der Waals surface area (Å²) in [5.74, 6) is 0.942. The molecular formula is C30H32N4O4Si. The van der Waals surface area contributed by atoms with Crippen LogP contribution in [0.3, 0.4) is 0 Å². The van der Waals surface area contributed by atoms with Gasteiger partial charge in [0.1, 0.15) is 5.75 Å². The number of benzene rings is 2. The quantitative estimate of drug-likeness (QED) is 0.269. The summed E-state index contributed by atoms with van der Waals surface area (Å²) in [6, 6.07) is 14.1. The van der Waals surface area contributed by atoms with Crippen molar-refractivity contribution in [2.24, 2.45) is 0 Å². The lowest BCUT2D eigenvalue weighted by molar-refractivity contribution is 0.0562. The second-order valence-corrected chi connectivity index (χ2v) is 12.0. The number of oxazole rings is 1. The number of fused-ring (bicyclic) bond motifs is 1. The highest BCUT2D eigenvalue weighted by Crippen LogP contribution is 2.49. The predicted molar refractivity (Wildman–Crippen MR) is 152 cm³/mol. The summed E-state index contributed by atoms with van der Waals surface area (Å²) < 4.78 is 12.0. The third-order valence-electron chi connectivity index (χ3n) is 8.09. The molecule has 2 aromatic carbocycles. The Bertz CT molecular complexity index is 1600. The molecule has 2 aliphatic rings. The first-order valence-electron chi connectivity index (χ1n) is 13.4. The van der Waals surface area contributed by atoms with Crippen molar-refractivity contribution in [1.82, 2.24) is 20.2 Å². The van der Waals surface area contributed by atoms with Gasteiger partial charge in [0.05, 0.1) is 33.2 Å². The molecule has 1 unspecified atom stereocenters. The minimum absolute atomic E-state index is 0.0700. The third-order valence-corrected chi connectivity index (χ3v) is 9.10. The first kappa shape index (κ1) is 25.5. The number of amides is 1. The van der Waals surface area contributed by atoms with Gasteiger partial charge in [-0.15, -0.1) is 0 Å². The second-order valence-electron chi connectivity index (χ2n) is 10.9. The number of hydrogen-bond acceptors (Lipinski definition) is 7. The number of nitrogens with one attached hydrogen (secondary N) is 1. The molecule has 9 heteroatoms. The molecule has 4 aromatic rings. The number of likely N-dealkylation sites (N-methyl/N-ethyl adjacent to an activating group) is 1. The summed E-state index contributed by atoms with van der Waals surface area (Å²) in [4.78, 5) is 36.5. The zero-order chi connectivity index (χ0) is 27.3. The molecular weight excluding hydrogens is 508 g/mol. The van der Waals surface area contributed by atoms with E-state index in [2.05, 4.69) is 27.2 Å². The van der Waals surface area contributed by atoms with E-state index < -0.39 is 5.54 Å². The van der Waals surface area contributed by atoms with E-state index in [1.807, 2.05) is 49.4 Å². The van der Waals surface area contributed by atoms with Crippen LogP contribution in [0.5, 0.6) is 5.75 Å². The maximum absolute atomic E-state index is 13.7. The van der Waals surface area contributed by atoms with E-state index in [0.717, 1.165) is 69.4 Å². The Morgan fingerprint density at radius 2 is 2.03 bits per heavy atom. The van der Waals surface area contributed by atoms with E-state index in [-0.39, 0.29) is 23.3 Å².